The van der Waals surface area contributed by atoms with Gasteiger partial charge in [-0.25, -0.2) is 19.0 Å². The lowest BCUT2D eigenvalue weighted by Gasteiger charge is -2.07. The van der Waals surface area contributed by atoms with Crippen LogP contribution in [0.3, 0.4) is 0 Å². The Hall–Kier alpha value is -4.30. The number of aliphatic imine (C=N–C) groups is 1. The van der Waals surface area contributed by atoms with Gasteiger partial charge in [0, 0.05) is 18.3 Å². The Morgan fingerprint density at radius 3 is 2.90 bits per heavy atom. The number of non-ortho nitro benzene ring substituents is 1. The van der Waals surface area contributed by atoms with Crippen molar-refractivity contribution in [1.29, 1.82) is 5.26 Å². The molecule has 1 aromatic carbocycles. The van der Waals surface area contributed by atoms with Gasteiger partial charge in [-0.15, -0.1) is 0 Å². The minimum atomic E-state index is -0.719. The number of pyridine rings is 1. The summed E-state index contributed by atoms with van der Waals surface area (Å²) in [4.78, 5) is 18.4. The molecule has 0 saturated heterocycles. The fraction of sp³-hybridized carbons (Fsp3) is 0.0526. The number of hydrogen-bond acceptors (Lipinski definition) is 7. The largest absolute Gasteiger partial charge is 0.390 e. The minimum absolute atomic E-state index is 0.0639. The van der Waals surface area contributed by atoms with Crippen LogP contribution in [0, 0.1) is 27.3 Å². The molecule has 0 bridgehead atoms. The number of nitrogens with one attached hydrogen (secondary N) is 1. The van der Waals surface area contributed by atoms with Crippen LogP contribution in [0.25, 0.3) is 16.6 Å². The topological polar surface area (TPSA) is 148 Å². The van der Waals surface area contributed by atoms with Gasteiger partial charge in [-0.05, 0) is 13.0 Å². The summed E-state index contributed by atoms with van der Waals surface area (Å²) in [5.74, 6) is -0.213. The third-order valence-electron chi connectivity index (χ3n) is 3.95. The fourth-order valence-electron chi connectivity index (χ4n) is 2.74. The summed E-state index contributed by atoms with van der Waals surface area (Å²) in [6, 6.07) is 3.99. The van der Waals surface area contributed by atoms with E-state index < -0.39 is 10.7 Å². The highest BCUT2D eigenvalue weighted by atomic mass is 35.5. The number of hydrogen-bond donors (Lipinski definition) is 2. The number of nitro groups is 1. The molecule has 3 rings (SSSR count). The maximum Gasteiger partial charge on any atom is 0.272 e. The number of allylic oxidation sites excluding steroid dienone is 2. The second kappa shape index (κ2) is 8.60. The number of nitro benzene ring substituents is 1. The summed E-state index contributed by atoms with van der Waals surface area (Å²) in [7, 11) is 0. The number of fused-ring (bicyclic) bond motifs is 1. The summed E-state index contributed by atoms with van der Waals surface area (Å²) in [6.07, 6.45) is 5.04. The third-order valence-corrected chi connectivity index (χ3v) is 4.24. The van der Waals surface area contributed by atoms with Gasteiger partial charge in [-0.1, -0.05) is 23.8 Å². The number of aromatic nitrogens is 3. The molecule has 0 radical (unpaired) electrons. The van der Waals surface area contributed by atoms with Crippen LogP contribution in [-0.4, -0.2) is 26.0 Å². The Morgan fingerprint density at radius 1 is 1.55 bits per heavy atom. The lowest BCUT2D eigenvalue weighted by Crippen LogP contribution is -2.03. The Balaban J connectivity index is 2.20. The van der Waals surface area contributed by atoms with E-state index in [9.17, 15) is 19.8 Å². The molecule has 156 valence electrons. The first-order chi connectivity index (χ1) is 14.7. The van der Waals surface area contributed by atoms with Crippen LogP contribution in [0.15, 0.2) is 53.6 Å². The van der Waals surface area contributed by atoms with Crippen LogP contribution in [0.4, 0.5) is 15.9 Å². The SMILES string of the molecule is C=C(C)/C=C(\N=C/N)Nc1ncc(F)c2nn(-c3c(Cl)cc([N+](=O)[O-])cc3C#N)cc12. The number of nitriles is 1. The second-order valence-electron chi connectivity index (χ2n) is 6.26. The van der Waals surface area contributed by atoms with E-state index in [2.05, 4.69) is 27.0 Å². The van der Waals surface area contributed by atoms with Crippen molar-refractivity contribution in [2.24, 2.45) is 10.7 Å². The molecule has 10 nitrogen and oxygen atoms in total. The van der Waals surface area contributed by atoms with Crippen molar-refractivity contribution in [2.75, 3.05) is 5.32 Å². The molecule has 0 unspecified atom stereocenters. The molecule has 0 atom stereocenters. The highest BCUT2D eigenvalue weighted by Gasteiger charge is 2.20. The van der Waals surface area contributed by atoms with Gasteiger partial charge >= 0.3 is 0 Å². The van der Waals surface area contributed by atoms with Gasteiger partial charge in [0.15, 0.2) is 5.82 Å². The summed E-state index contributed by atoms with van der Waals surface area (Å²) in [5.41, 5.74) is 5.58. The average Bonchev–Trinajstić information content (AvgIpc) is 3.15. The molecule has 0 aliphatic rings. The van der Waals surface area contributed by atoms with Crippen molar-refractivity contribution in [2.45, 2.75) is 6.92 Å². The Bertz CT molecular complexity index is 1320. The first-order valence-corrected chi connectivity index (χ1v) is 8.93. The maximum atomic E-state index is 14.4. The molecular formula is C19H14ClFN8O2. The van der Waals surface area contributed by atoms with Gasteiger partial charge in [-0.2, -0.15) is 10.4 Å². The molecule has 0 amide bonds. The maximum absolute atomic E-state index is 14.4. The zero-order valence-corrected chi connectivity index (χ0v) is 16.8. The lowest BCUT2D eigenvalue weighted by molar-refractivity contribution is -0.384. The molecule has 0 saturated carbocycles. The molecule has 2 heterocycles. The highest BCUT2D eigenvalue weighted by molar-refractivity contribution is 6.32. The summed E-state index contributed by atoms with van der Waals surface area (Å²) < 4.78 is 15.6. The Morgan fingerprint density at radius 2 is 2.29 bits per heavy atom. The van der Waals surface area contributed by atoms with Crippen molar-refractivity contribution in [3.05, 3.63) is 75.1 Å². The van der Waals surface area contributed by atoms with E-state index >= 15 is 0 Å². The van der Waals surface area contributed by atoms with Crippen molar-refractivity contribution in [3.8, 4) is 11.8 Å². The van der Waals surface area contributed by atoms with Crippen LogP contribution >= 0.6 is 11.6 Å². The number of nitrogens with two attached hydrogens (primary N) is 1. The first kappa shape index (κ1) is 21.4. The fourth-order valence-corrected chi connectivity index (χ4v) is 3.04. The standard InChI is InChI=1S/C19H14ClFN8O2/c1-10(2)3-16(25-9-23)26-19-13-8-28(27-17(13)15(21)7-24-19)18-11(6-22)4-12(29(30)31)5-14(18)20/h3-5,7-9H,1H2,2H3,(H2,23,25)(H,24,26)/b16-3+. The third kappa shape index (κ3) is 4.34. The number of rotatable bonds is 6. The molecule has 12 heteroatoms. The zero-order chi connectivity index (χ0) is 22.7. The van der Waals surface area contributed by atoms with E-state index in [0.717, 1.165) is 24.7 Å². The van der Waals surface area contributed by atoms with Crippen LogP contribution in [0.5, 0.6) is 0 Å². The molecule has 2 aromatic heterocycles. The van der Waals surface area contributed by atoms with Gasteiger partial charge in [0.1, 0.15) is 28.9 Å². The number of halogens is 2. The molecule has 0 fully saturated rings. The van der Waals surface area contributed by atoms with Crippen molar-refractivity contribution in [1.82, 2.24) is 14.8 Å². The Kier molecular flexibility index (Phi) is 5.94. The molecule has 31 heavy (non-hydrogen) atoms. The summed E-state index contributed by atoms with van der Waals surface area (Å²) >= 11 is 6.19. The Labute approximate surface area is 179 Å². The van der Waals surface area contributed by atoms with Crippen molar-refractivity contribution >= 4 is 40.3 Å². The molecule has 0 aliphatic carbocycles. The summed E-state index contributed by atoms with van der Waals surface area (Å²) in [6.45, 7) is 5.52. The van der Waals surface area contributed by atoms with E-state index in [4.69, 9.17) is 17.3 Å². The molecule has 3 N–H and O–H groups in total. The molecule has 0 aliphatic heterocycles. The number of nitrogens with zero attached hydrogens (tertiary/aromatic N) is 6. The summed E-state index contributed by atoms with van der Waals surface area (Å²) in [5, 5.41) is 27.7. The zero-order valence-electron chi connectivity index (χ0n) is 16.0. The van der Waals surface area contributed by atoms with Crippen molar-refractivity contribution in [3.63, 3.8) is 0 Å². The number of anilines is 1. The predicted octanol–water partition coefficient (Wildman–Crippen LogP) is 3.81. The van der Waals surface area contributed by atoms with Gasteiger partial charge < -0.3 is 11.1 Å². The van der Waals surface area contributed by atoms with Crippen LogP contribution in [-0.2, 0) is 0 Å². The second-order valence-corrected chi connectivity index (χ2v) is 6.67. The van der Waals surface area contributed by atoms with E-state index in [1.54, 1.807) is 13.0 Å². The van der Waals surface area contributed by atoms with E-state index in [0.29, 0.717) is 11.4 Å². The van der Waals surface area contributed by atoms with Crippen molar-refractivity contribution < 1.29 is 9.31 Å². The van der Waals surface area contributed by atoms with Gasteiger partial charge in [0.25, 0.3) is 5.69 Å². The van der Waals surface area contributed by atoms with Gasteiger partial charge in [0.2, 0.25) is 0 Å². The number of benzene rings is 1. The van der Waals surface area contributed by atoms with Crippen LogP contribution in [0.1, 0.15) is 12.5 Å². The van der Waals surface area contributed by atoms with E-state index in [-0.39, 0.29) is 38.7 Å². The van der Waals surface area contributed by atoms with Gasteiger partial charge in [-0.3, -0.25) is 10.1 Å². The quantitative estimate of drug-likeness (QED) is 0.194. The predicted molar refractivity (Wildman–Crippen MR) is 114 cm³/mol. The minimum Gasteiger partial charge on any atom is -0.390 e. The monoisotopic (exact) mass is 440 g/mol. The van der Waals surface area contributed by atoms with Gasteiger partial charge in [0.05, 0.1) is 33.4 Å². The highest BCUT2D eigenvalue weighted by Crippen LogP contribution is 2.32. The van der Waals surface area contributed by atoms with E-state index in [1.165, 1.54) is 10.9 Å². The first-order valence-electron chi connectivity index (χ1n) is 8.56. The molecular weight excluding hydrogens is 427 g/mol. The molecule has 0 spiro atoms. The van der Waals surface area contributed by atoms with Crippen LogP contribution in [0.2, 0.25) is 5.02 Å². The normalized spacial score (nSPS) is 11.6. The smallest absolute Gasteiger partial charge is 0.272 e. The average molecular weight is 441 g/mol. The lowest BCUT2D eigenvalue weighted by atomic mass is 10.1. The van der Waals surface area contributed by atoms with E-state index in [1.807, 2.05) is 6.07 Å². The molecule has 3 aromatic rings. The van der Waals surface area contributed by atoms with Crippen LogP contribution < -0.4 is 11.1 Å².